The normalized spacial score (nSPS) is 12.5. The predicted octanol–water partition coefficient (Wildman–Crippen LogP) is 8.15. The third kappa shape index (κ3) is 3.66. The molecule has 1 aromatic heterocycles. The Hall–Kier alpha value is -2.64. The molecule has 1 heterocycles. The van der Waals surface area contributed by atoms with Crippen LogP contribution in [-0.2, 0) is 10.8 Å². The van der Waals surface area contributed by atoms with Crippen molar-refractivity contribution in [2.24, 2.45) is 0 Å². The Kier molecular flexibility index (Phi) is 5.02. The number of nitriles is 1. The smallest absolute Gasteiger partial charge is 0.144 e. The number of hydrogen-bond acceptors (Lipinski definition) is 1. The quantitative estimate of drug-likeness (QED) is 0.272. The van der Waals surface area contributed by atoms with Crippen molar-refractivity contribution in [2.45, 2.75) is 52.4 Å². The van der Waals surface area contributed by atoms with Crippen LogP contribution in [0.4, 0.5) is 4.39 Å². The summed E-state index contributed by atoms with van der Waals surface area (Å²) >= 11 is 3.40. The topological polar surface area (TPSA) is 28.7 Å². The van der Waals surface area contributed by atoms with E-state index in [4.69, 9.17) is 0 Å². The predicted molar refractivity (Wildman–Crippen MR) is 131 cm³/mol. The molecule has 0 fully saturated rings. The fourth-order valence-electron chi connectivity index (χ4n) is 4.06. The number of aromatic nitrogens is 1. The van der Waals surface area contributed by atoms with Crippen LogP contribution in [0.25, 0.3) is 27.5 Å². The summed E-state index contributed by atoms with van der Waals surface area (Å²) in [4.78, 5) is 0. The first-order chi connectivity index (χ1) is 14.4. The van der Waals surface area contributed by atoms with Gasteiger partial charge in [-0.25, -0.2) is 4.39 Å². The molecular formula is C27H26BrFN2. The SMILES string of the molecule is CC(C)(C)c1ccc2c(c1)c1cc(C(C)(C)C)ccc1n2-c1cc(Br)cc(F)c1C#N. The van der Waals surface area contributed by atoms with Crippen molar-refractivity contribution in [2.75, 3.05) is 0 Å². The van der Waals surface area contributed by atoms with E-state index in [0.717, 1.165) is 21.8 Å². The van der Waals surface area contributed by atoms with E-state index in [-0.39, 0.29) is 16.4 Å². The van der Waals surface area contributed by atoms with Crippen molar-refractivity contribution in [1.82, 2.24) is 4.57 Å². The minimum Gasteiger partial charge on any atom is -0.308 e. The Morgan fingerprint density at radius 1 is 0.806 bits per heavy atom. The van der Waals surface area contributed by atoms with Gasteiger partial charge in [-0.15, -0.1) is 0 Å². The summed E-state index contributed by atoms with van der Waals surface area (Å²) in [7, 11) is 0. The molecule has 0 N–H and O–H groups in total. The molecule has 0 unspecified atom stereocenters. The van der Waals surface area contributed by atoms with Gasteiger partial charge in [0.15, 0.2) is 0 Å². The second kappa shape index (κ2) is 7.21. The van der Waals surface area contributed by atoms with Gasteiger partial charge in [0.05, 0.1) is 16.7 Å². The lowest BCUT2D eigenvalue weighted by atomic mass is 9.85. The monoisotopic (exact) mass is 476 g/mol. The molecule has 0 saturated heterocycles. The summed E-state index contributed by atoms with van der Waals surface area (Å²) in [5.74, 6) is -0.528. The Morgan fingerprint density at radius 2 is 1.29 bits per heavy atom. The van der Waals surface area contributed by atoms with E-state index < -0.39 is 5.82 Å². The summed E-state index contributed by atoms with van der Waals surface area (Å²) in [6, 6.07) is 18.1. The summed E-state index contributed by atoms with van der Waals surface area (Å²) < 4.78 is 17.3. The van der Waals surface area contributed by atoms with E-state index in [2.05, 4.69) is 99.9 Å². The highest BCUT2D eigenvalue weighted by atomic mass is 79.9. The number of rotatable bonds is 1. The highest BCUT2D eigenvalue weighted by Gasteiger charge is 2.22. The minimum absolute atomic E-state index is 0.00392. The van der Waals surface area contributed by atoms with Crippen molar-refractivity contribution >= 4 is 37.7 Å². The molecule has 31 heavy (non-hydrogen) atoms. The fourth-order valence-corrected chi connectivity index (χ4v) is 4.48. The number of halogens is 2. The zero-order valence-corrected chi connectivity index (χ0v) is 20.4. The summed E-state index contributed by atoms with van der Waals surface area (Å²) in [5, 5.41) is 11.9. The van der Waals surface area contributed by atoms with Crippen LogP contribution in [0.3, 0.4) is 0 Å². The second-order valence-corrected chi connectivity index (χ2v) is 11.1. The van der Waals surface area contributed by atoms with Crippen LogP contribution in [0.1, 0.15) is 58.2 Å². The number of benzene rings is 3. The van der Waals surface area contributed by atoms with Crippen molar-refractivity contribution < 1.29 is 4.39 Å². The average molecular weight is 477 g/mol. The third-order valence-electron chi connectivity index (χ3n) is 5.88. The molecular weight excluding hydrogens is 451 g/mol. The van der Waals surface area contributed by atoms with Gasteiger partial charge in [0.2, 0.25) is 0 Å². The van der Waals surface area contributed by atoms with Crippen molar-refractivity contribution in [3.8, 4) is 11.8 Å². The largest absolute Gasteiger partial charge is 0.308 e. The lowest BCUT2D eigenvalue weighted by Crippen LogP contribution is -2.10. The molecule has 0 radical (unpaired) electrons. The highest BCUT2D eigenvalue weighted by Crippen LogP contribution is 2.38. The van der Waals surface area contributed by atoms with Crippen LogP contribution in [0, 0.1) is 17.1 Å². The van der Waals surface area contributed by atoms with Gasteiger partial charge in [-0.2, -0.15) is 5.26 Å². The Balaban J connectivity index is 2.20. The molecule has 4 aromatic rings. The zero-order valence-electron chi connectivity index (χ0n) is 18.8. The van der Waals surface area contributed by atoms with Gasteiger partial charge in [0, 0.05) is 15.2 Å². The molecule has 0 aliphatic rings. The van der Waals surface area contributed by atoms with Gasteiger partial charge in [0.1, 0.15) is 17.4 Å². The van der Waals surface area contributed by atoms with Gasteiger partial charge in [-0.05, 0) is 58.4 Å². The molecule has 4 heteroatoms. The van der Waals surface area contributed by atoms with Gasteiger partial charge in [0.25, 0.3) is 0 Å². The van der Waals surface area contributed by atoms with E-state index in [1.807, 2.05) is 10.6 Å². The number of nitrogens with zero attached hydrogens (tertiary/aromatic N) is 2. The van der Waals surface area contributed by atoms with Crippen molar-refractivity contribution in [3.63, 3.8) is 0 Å². The van der Waals surface area contributed by atoms with Crippen LogP contribution in [0.2, 0.25) is 0 Å². The maximum atomic E-state index is 14.7. The van der Waals surface area contributed by atoms with Crippen LogP contribution in [0.15, 0.2) is 53.0 Å². The average Bonchev–Trinajstić information content (AvgIpc) is 2.99. The molecule has 2 nitrogen and oxygen atoms in total. The van der Waals surface area contributed by atoms with Crippen molar-refractivity contribution in [1.29, 1.82) is 5.26 Å². The molecule has 0 aliphatic heterocycles. The molecule has 0 atom stereocenters. The molecule has 158 valence electrons. The number of fused-ring (bicyclic) bond motifs is 3. The van der Waals surface area contributed by atoms with Gasteiger partial charge >= 0.3 is 0 Å². The lowest BCUT2D eigenvalue weighted by Gasteiger charge is -2.19. The van der Waals surface area contributed by atoms with E-state index >= 15 is 0 Å². The Bertz CT molecular complexity index is 1300. The summed E-state index contributed by atoms with van der Waals surface area (Å²) in [5.41, 5.74) is 4.99. The highest BCUT2D eigenvalue weighted by molar-refractivity contribution is 9.10. The molecule has 3 aromatic carbocycles. The van der Waals surface area contributed by atoms with E-state index in [9.17, 15) is 9.65 Å². The second-order valence-electron chi connectivity index (χ2n) is 10.2. The molecule has 0 spiro atoms. The molecule has 0 amide bonds. The molecule has 4 rings (SSSR count). The van der Waals surface area contributed by atoms with E-state index in [0.29, 0.717) is 10.2 Å². The molecule has 0 bridgehead atoms. The van der Waals surface area contributed by atoms with Gasteiger partial charge in [-0.1, -0.05) is 69.6 Å². The minimum atomic E-state index is -0.528. The standard InChI is InChI=1S/C27H26BrFN2/c1-26(2,3)16-7-9-23-19(11-16)20-12-17(27(4,5)6)8-10-24(20)31(23)25-14-18(28)13-22(29)21(25)15-30/h7-14H,1-6H3. The number of hydrogen-bond donors (Lipinski definition) is 0. The molecule has 0 saturated carbocycles. The van der Waals surface area contributed by atoms with Gasteiger partial charge in [-0.3, -0.25) is 0 Å². The van der Waals surface area contributed by atoms with Gasteiger partial charge < -0.3 is 4.57 Å². The summed E-state index contributed by atoms with van der Waals surface area (Å²) in [6.07, 6.45) is 0. The Labute approximate surface area is 191 Å². The first kappa shape index (κ1) is 21.6. The molecule has 0 aliphatic carbocycles. The van der Waals surface area contributed by atoms with Crippen LogP contribution in [0.5, 0.6) is 0 Å². The summed E-state index contributed by atoms with van der Waals surface area (Å²) in [6.45, 7) is 13.2. The fraction of sp³-hybridized carbons (Fsp3) is 0.296. The Morgan fingerprint density at radius 3 is 1.71 bits per heavy atom. The van der Waals surface area contributed by atoms with E-state index in [1.165, 1.54) is 17.2 Å². The van der Waals surface area contributed by atoms with Crippen molar-refractivity contribution in [3.05, 3.63) is 75.5 Å². The van der Waals surface area contributed by atoms with Crippen LogP contribution < -0.4 is 0 Å². The van der Waals surface area contributed by atoms with E-state index in [1.54, 1.807) is 0 Å². The zero-order chi connectivity index (χ0) is 22.7. The first-order valence-corrected chi connectivity index (χ1v) is 11.2. The third-order valence-corrected chi connectivity index (χ3v) is 6.34. The maximum Gasteiger partial charge on any atom is 0.144 e. The van der Waals surface area contributed by atoms with Crippen LogP contribution in [-0.4, -0.2) is 4.57 Å². The first-order valence-electron chi connectivity index (χ1n) is 10.4. The lowest BCUT2D eigenvalue weighted by molar-refractivity contribution is 0.590. The van der Waals surface area contributed by atoms with Crippen LogP contribution >= 0.6 is 15.9 Å². The maximum absolute atomic E-state index is 14.7.